The molecule has 1 N–H and O–H groups in total. The summed E-state index contributed by atoms with van der Waals surface area (Å²) < 4.78 is 1.03. The Labute approximate surface area is 76.2 Å². The van der Waals surface area contributed by atoms with Gasteiger partial charge in [-0.25, -0.2) is 0 Å². The van der Waals surface area contributed by atoms with Gasteiger partial charge in [0.25, 0.3) is 0 Å². The van der Waals surface area contributed by atoms with Crippen LogP contribution in [0.1, 0.15) is 19.4 Å². The number of phenols is 1. The molecule has 1 rings (SSSR count). The monoisotopic (exact) mass is 216 g/mol. The summed E-state index contributed by atoms with van der Waals surface area (Å²) in [5.41, 5.74) is 1.05. The number of hydrogen-bond donors (Lipinski definition) is 1. The van der Waals surface area contributed by atoms with Crippen molar-refractivity contribution >= 4 is 15.9 Å². The second kappa shape index (κ2) is 5.19. The van der Waals surface area contributed by atoms with Gasteiger partial charge in [0.15, 0.2) is 0 Å². The molecule has 2 heteroatoms. The van der Waals surface area contributed by atoms with Crippen LogP contribution in [0, 0.1) is 6.92 Å². The van der Waals surface area contributed by atoms with E-state index in [1.807, 2.05) is 26.8 Å². The Kier molecular flexibility index (Phi) is 4.95. The van der Waals surface area contributed by atoms with Crippen molar-refractivity contribution in [3.8, 4) is 5.75 Å². The van der Waals surface area contributed by atoms with Crippen molar-refractivity contribution in [2.75, 3.05) is 0 Å². The lowest BCUT2D eigenvalue weighted by Crippen LogP contribution is -1.72. The number of halogens is 1. The van der Waals surface area contributed by atoms with Crippen LogP contribution in [0.2, 0.25) is 0 Å². The van der Waals surface area contributed by atoms with Gasteiger partial charge in [-0.15, -0.1) is 0 Å². The largest absolute Gasteiger partial charge is 0.508 e. The van der Waals surface area contributed by atoms with Gasteiger partial charge in [0, 0.05) is 4.47 Å². The number of hydrogen-bond acceptors (Lipinski definition) is 1. The molecule has 0 fully saturated rings. The van der Waals surface area contributed by atoms with Gasteiger partial charge in [-0.05, 0) is 30.7 Å². The zero-order valence-corrected chi connectivity index (χ0v) is 8.64. The molecule has 11 heavy (non-hydrogen) atoms. The summed E-state index contributed by atoms with van der Waals surface area (Å²) in [5, 5.41) is 8.92. The van der Waals surface area contributed by atoms with Crippen molar-refractivity contribution < 1.29 is 5.11 Å². The van der Waals surface area contributed by atoms with E-state index in [2.05, 4.69) is 15.9 Å². The van der Waals surface area contributed by atoms with Gasteiger partial charge in [-0.3, -0.25) is 0 Å². The smallest absolute Gasteiger partial charge is 0.115 e. The average molecular weight is 217 g/mol. The first-order valence-electron chi connectivity index (χ1n) is 3.65. The van der Waals surface area contributed by atoms with Crippen molar-refractivity contribution in [1.82, 2.24) is 0 Å². The quantitative estimate of drug-likeness (QED) is 0.705. The van der Waals surface area contributed by atoms with Gasteiger partial charge < -0.3 is 5.11 Å². The first-order valence-corrected chi connectivity index (χ1v) is 4.44. The first-order chi connectivity index (χ1) is 5.20. The maximum atomic E-state index is 8.92. The fourth-order valence-corrected chi connectivity index (χ4v) is 0.875. The van der Waals surface area contributed by atoms with E-state index in [1.165, 1.54) is 0 Å². The third-order valence-corrected chi connectivity index (χ3v) is 2.03. The maximum Gasteiger partial charge on any atom is 0.115 e. The lowest BCUT2D eigenvalue weighted by atomic mass is 10.2. The lowest BCUT2D eigenvalue weighted by Gasteiger charge is -1.95. The van der Waals surface area contributed by atoms with E-state index >= 15 is 0 Å². The molecule has 0 aliphatic carbocycles. The van der Waals surface area contributed by atoms with Crippen LogP contribution >= 0.6 is 15.9 Å². The standard InChI is InChI=1S/C7H7BrO.C2H6/c1-5-4-6(9)2-3-7(5)8;1-2/h2-4,9H,1H3;1-2H3. The Bertz CT molecular complexity index is 221. The van der Waals surface area contributed by atoms with Crippen LogP contribution in [-0.4, -0.2) is 5.11 Å². The molecule has 1 aromatic carbocycles. The normalized spacial score (nSPS) is 8.36. The van der Waals surface area contributed by atoms with Crippen molar-refractivity contribution in [2.45, 2.75) is 20.8 Å². The van der Waals surface area contributed by atoms with Crippen molar-refractivity contribution in [2.24, 2.45) is 0 Å². The number of rotatable bonds is 0. The van der Waals surface area contributed by atoms with Crippen LogP contribution in [0.15, 0.2) is 22.7 Å². The van der Waals surface area contributed by atoms with Crippen LogP contribution in [0.3, 0.4) is 0 Å². The molecule has 0 aliphatic heterocycles. The van der Waals surface area contributed by atoms with Gasteiger partial charge in [-0.2, -0.15) is 0 Å². The second-order valence-corrected chi connectivity index (χ2v) is 2.79. The van der Waals surface area contributed by atoms with E-state index in [4.69, 9.17) is 5.11 Å². The van der Waals surface area contributed by atoms with Gasteiger partial charge in [0.2, 0.25) is 0 Å². The minimum Gasteiger partial charge on any atom is -0.508 e. The van der Waals surface area contributed by atoms with Crippen LogP contribution in [0.4, 0.5) is 0 Å². The van der Waals surface area contributed by atoms with E-state index < -0.39 is 0 Å². The third-order valence-electron chi connectivity index (χ3n) is 1.14. The van der Waals surface area contributed by atoms with Crippen LogP contribution in [-0.2, 0) is 0 Å². The van der Waals surface area contributed by atoms with Crippen LogP contribution < -0.4 is 0 Å². The van der Waals surface area contributed by atoms with Crippen molar-refractivity contribution in [3.05, 3.63) is 28.2 Å². The molecule has 0 amide bonds. The summed E-state index contributed by atoms with van der Waals surface area (Å²) in [6.07, 6.45) is 0. The summed E-state index contributed by atoms with van der Waals surface area (Å²) in [4.78, 5) is 0. The molecule has 0 aliphatic rings. The minimum absolute atomic E-state index is 0.315. The fourth-order valence-electron chi connectivity index (χ4n) is 0.629. The Hall–Kier alpha value is -0.500. The predicted octanol–water partition coefficient (Wildman–Crippen LogP) is 3.49. The average Bonchev–Trinajstić information content (AvgIpc) is 2.02. The van der Waals surface area contributed by atoms with E-state index in [0.717, 1.165) is 10.0 Å². The highest BCUT2D eigenvalue weighted by Gasteiger charge is 1.92. The molecule has 0 radical (unpaired) electrons. The molecule has 0 bridgehead atoms. The molecule has 0 spiro atoms. The lowest BCUT2D eigenvalue weighted by molar-refractivity contribution is 0.475. The van der Waals surface area contributed by atoms with Gasteiger partial charge in [0.1, 0.15) is 5.75 Å². The summed E-state index contributed by atoms with van der Waals surface area (Å²) in [6, 6.07) is 5.19. The number of phenolic OH excluding ortho intramolecular Hbond substituents is 1. The van der Waals surface area contributed by atoms with Gasteiger partial charge >= 0.3 is 0 Å². The Balaban J connectivity index is 0.000000461. The van der Waals surface area contributed by atoms with Crippen LogP contribution in [0.25, 0.3) is 0 Å². The topological polar surface area (TPSA) is 20.2 Å². The highest BCUT2D eigenvalue weighted by Crippen LogP contribution is 2.19. The summed E-state index contributed by atoms with van der Waals surface area (Å²) in [6.45, 7) is 5.93. The molecule has 0 saturated heterocycles. The zero-order chi connectivity index (χ0) is 8.85. The Morgan fingerprint density at radius 1 is 1.27 bits per heavy atom. The minimum atomic E-state index is 0.315. The summed E-state index contributed by atoms with van der Waals surface area (Å²) >= 11 is 3.32. The molecule has 1 aromatic rings. The van der Waals surface area contributed by atoms with Crippen LogP contribution in [0.5, 0.6) is 5.75 Å². The third kappa shape index (κ3) is 3.42. The summed E-state index contributed by atoms with van der Waals surface area (Å²) in [7, 11) is 0. The van der Waals surface area contributed by atoms with Gasteiger partial charge in [0.05, 0.1) is 0 Å². The Morgan fingerprint density at radius 2 is 1.82 bits per heavy atom. The van der Waals surface area contributed by atoms with E-state index in [9.17, 15) is 0 Å². The molecule has 1 nitrogen and oxygen atoms in total. The molecule has 0 unspecified atom stereocenters. The molecule has 0 heterocycles. The molecular weight excluding hydrogens is 204 g/mol. The fraction of sp³-hybridized carbons (Fsp3) is 0.333. The first kappa shape index (κ1) is 10.5. The number of aryl methyl sites for hydroxylation is 1. The predicted molar refractivity (Wildman–Crippen MR) is 51.9 cm³/mol. The summed E-state index contributed by atoms with van der Waals surface area (Å²) in [5.74, 6) is 0.315. The van der Waals surface area contributed by atoms with E-state index in [0.29, 0.717) is 5.75 Å². The van der Waals surface area contributed by atoms with Gasteiger partial charge in [-0.1, -0.05) is 29.8 Å². The number of benzene rings is 1. The van der Waals surface area contributed by atoms with E-state index in [-0.39, 0.29) is 0 Å². The van der Waals surface area contributed by atoms with Crippen molar-refractivity contribution in [3.63, 3.8) is 0 Å². The maximum absolute atomic E-state index is 8.92. The molecular formula is C9H13BrO. The zero-order valence-electron chi connectivity index (χ0n) is 7.06. The second-order valence-electron chi connectivity index (χ2n) is 1.93. The molecule has 62 valence electrons. The SMILES string of the molecule is CC.Cc1cc(O)ccc1Br. The van der Waals surface area contributed by atoms with Crippen molar-refractivity contribution in [1.29, 1.82) is 0 Å². The Morgan fingerprint density at radius 3 is 2.18 bits per heavy atom. The van der Waals surface area contributed by atoms with E-state index in [1.54, 1.807) is 12.1 Å². The molecule has 0 aromatic heterocycles. The molecule has 0 saturated carbocycles. The molecule has 0 atom stereocenters. The highest BCUT2D eigenvalue weighted by molar-refractivity contribution is 9.10. The highest BCUT2D eigenvalue weighted by atomic mass is 79.9. The number of aromatic hydroxyl groups is 1.